The molecule has 0 aromatic carbocycles. The van der Waals surface area contributed by atoms with E-state index in [0.717, 1.165) is 0 Å². The number of esters is 1. The molecule has 11 heavy (non-hydrogen) atoms. The Hall–Kier alpha value is -0.530. The van der Waals surface area contributed by atoms with Crippen LogP contribution in [0.4, 0.5) is 4.79 Å². The summed E-state index contributed by atoms with van der Waals surface area (Å²) in [5.74, 6) is -0.458. The van der Waals surface area contributed by atoms with E-state index in [-0.39, 0.29) is 6.42 Å². The third kappa shape index (κ3) is 7.37. The summed E-state index contributed by atoms with van der Waals surface area (Å²) in [6.45, 7) is -0.523. The van der Waals surface area contributed by atoms with Gasteiger partial charge < -0.3 is 14.6 Å². The highest BCUT2D eigenvalue weighted by Gasteiger charge is 2.02. The smallest absolute Gasteiger partial charge is 0.450 e. The molecule has 0 aliphatic rings. The van der Waals surface area contributed by atoms with E-state index in [2.05, 4.69) is 9.47 Å². The molecule has 0 aliphatic carbocycles. The van der Waals surface area contributed by atoms with Gasteiger partial charge in [0.25, 0.3) is 0 Å². The van der Waals surface area contributed by atoms with Gasteiger partial charge >= 0.3 is 12.1 Å². The topological polar surface area (TPSA) is 72.8 Å². The number of hydrogen-bond acceptors (Lipinski definition) is 4. The summed E-state index contributed by atoms with van der Waals surface area (Å²) in [5, 5.41) is 7.94. The van der Waals surface area contributed by atoms with Crippen molar-refractivity contribution in [2.45, 2.75) is 6.42 Å². The van der Waals surface area contributed by atoms with Crippen molar-refractivity contribution >= 4 is 34.7 Å². The first-order valence-corrected chi connectivity index (χ1v) is 4.26. The van der Waals surface area contributed by atoms with Crippen molar-refractivity contribution in [1.82, 2.24) is 0 Å². The minimum absolute atomic E-state index is 0.267. The van der Waals surface area contributed by atoms with E-state index in [1.807, 2.05) is 22.6 Å². The Labute approximate surface area is 76.8 Å². The summed E-state index contributed by atoms with van der Waals surface area (Å²) in [5.41, 5.74) is 0. The number of carboxylic acid groups (broad SMARTS) is 1. The second-order valence-corrected chi connectivity index (χ2v) is 2.56. The SMILES string of the molecule is O=C(O)OCOC(=O)CCI. The number of halogens is 1. The van der Waals surface area contributed by atoms with Crippen molar-refractivity contribution in [3.8, 4) is 0 Å². The lowest BCUT2D eigenvalue weighted by Crippen LogP contribution is -2.11. The molecule has 0 amide bonds. The van der Waals surface area contributed by atoms with Crippen molar-refractivity contribution < 1.29 is 24.2 Å². The Balaban J connectivity index is 3.24. The van der Waals surface area contributed by atoms with Crippen LogP contribution in [-0.4, -0.2) is 28.5 Å². The molecule has 0 heterocycles. The van der Waals surface area contributed by atoms with Gasteiger partial charge in [0, 0.05) is 4.43 Å². The molecular formula is C5H7IO5. The normalized spacial score (nSPS) is 8.82. The summed E-state index contributed by atoms with van der Waals surface area (Å²) in [4.78, 5) is 20.2. The number of carbonyl (C=O) groups excluding carboxylic acids is 1. The van der Waals surface area contributed by atoms with Crippen LogP contribution in [0.15, 0.2) is 0 Å². The highest BCUT2D eigenvalue weighted by atomic mass is 127. The minimum atomic E-state index is -1.45. The first kappa shape index (κ1) is 10.5. The lowest BCUT2D eigenvalue weighted by atomic mass is 10.5. The quantitative estimate of drug-likeness (QED) is 0.358. The average molecular weight is 274 g/mol. The van der Waals surface area contributed by atoms with E-state index in [1.165, 1.54) is 0 Å². The summed E-state index contributed by atoms with van der Waals surface area (Å²) in [6.07, 6.45) is -1.18. The van der Waals surface area contributed by atoms with Gasteiger partial charge in [0.05, 0.1) is 6.42 Å². The van der Waals surface area contributed by atoms with Crippen LogP contribution in [0.25, 0.3) is 0 Å². The van der Waals surface area contributed by atoms with Crippen molar-refractivity contribution in [3.05, 3.63) is 0 Å². The molecule has 0 aromatic heterocycles. The third-order valence-corrected chi connectivity index (χ3v) is 1.24. The fourth-order valence-corrected chi connectivity index (χ4v) is 0.735. The number of carbonyl (C=O) groups is 2. The Bertz CT molecular complexity index is 146. The molecular weight excluding hydrogens is 267 g/mol. The van der Waals surface area contributed by atoms with Gasteiger partial charge in [-0.2, -0.15) is 0 Å². The van der Waals surface area contributed by atoms with Gasteiger partial charge in [-0.15, -0.1) is 0 Å². The lowest BCUT2D eigenvalue weighted by Gasteiger charge is -2.00. The van der Waals surface area contributed by atoms with E-state index in [0.29, 0.717) is 4.43 Å². The molecule has 6 heteroatoms. The zero-order valence-corrected chi connectivity index (χ0v) is 7.74. The Kier molecular flexibility index (Phi) is 5.90. The summed E-state index contributed by atoms with van der Waals surface area (Å²) in [7, 11) is 0. The van der Waals surface area contributed by atoms with Crippen molar-refractivity contribution in [2.24, 2.45) is 0 Å². The largest absolute Gasteiger partial charge is 0.508 e. The van der Waals surface area contributed by atoms with Crippen molar-refractivity contribution in [3.63, 3.8) is 0 Å². The molecule has 64 valence electrons. The molecule has 0 rings (SSSR count). The number of alkyl halides is 1. The van der Waals surface area contributed by atoms with Gasteiger partial charge in [-0.05, 0) is 0 Å². The molecule has 0 aliphatic heterocycles. The van der Waals surface area contributed by atoms with E-state index >= 15 is 0 Å². The van der Waals surface area contributed by atoms with Crippen LogP contribution in [0.1, 0.15) is 6.42 Å². The first-order chi connectivity index (χ1) is 5.16. The van der Waals surface area contributed by atoms with Crippen molar-refractivity contribution in [2.75, 3.05) is 11.2 Å². The maximum Gasteiger partial charge on any atom is 0.508 e. The predicted molar refractivity (Wildman–Crippen MR) is 43.6 cm³/mol. The molecule has 0 atom stereocenters. The Morgan fingerprint density at radius 1 is 1.36 bits per heavy atom. The van der Waals surface area contributed by atoms with E-state index in [9.17, 15) is 9.59 Å². The average Bonchev–Trinajstić information content (AvgIpc) is 1.87. The molecule has 0 saturated carbocycles. The van der Waals surface area contributed by atoms with Gasteiger partial charge in [-0.3, -0.25) is 4.79 Å². The molecule has 1 N–H and O–H groups in total. The second kappa shape index (κ2) is 6.20. The third-order valence-electron chi connectivity index (χ3n) is 0.701. The molecule has 0 radical (unpaired) electrons. The number of ether oxygens (including phenoxy) is 2. The fourth-order valence-electron chi connectivity index (χ4n) is 0.295. The molecule has 0 fully saturated rings. The predicted octanol–water partition coefficient (Wildman–Crippen LogP) is 1.01. The van der Waals surface area contributed by atoms with Crippen molar-refractivity contribution in [1.29, 1.82) is 0 Å². The zero-order chi connectivity index (χ0) is 8.69. The van der Waals surface area contributed by atoms with Crippen LogP contribution in [0.2, 0.25) is 0 Å². The maximum atomic E-state index is 10.5. The van der Waals surface area contributed by atoms with Crippen LogP contribution in [0.5, 0.6) is 0 Å². The van der Waals surface area contributed by atoms with Crippen LogP contribution in [0.3, 0.4) is 0 Å². The van der Waals surface area contributed by atoms with Crippen LogP contribution in [-0.2, 0) is 14.3 Å². The van der Waals surface area contributed by atoms with Gasteiger partial charge in [0.15, 0.2) is 0 Å². The summed E-state index contributed by atoms with van der Waals surface area (Å²) in [6, 6.07) is 0. The van der Waals surface area contributed by atoms with Crippen LogP contribution >= 0.6 is 22.6 Å². The van der Waals surface area contributed by atoms with Crippen LogP contribution < -0.4 is 0 Å². The maximum absolute atomic E-state index is 10.5. The van der Waals surface area contributed by atoms with Gasteiger partial charge in [-0.1, -0.05) is 22.6 Å². The second-order valence-electron chi connectivity index (χ2n) is 1.48. The molecule has 0 unspecified atom stereocenters. The monoisotopic (exact) mass is 274 g/mol. The Morgan fingerprint density at radius 3 is 2.45 bits per heavy atom. The van der Waals surface area contributed by atoms with E-state index in [1.54, 1.807) is 0 Å². The molecule has 5 nitrogen and oxygen atoms in total. The number of hydrogen-bond donors (Lipinski definition) is 1. The summed E-state index contributed by atoms with van der Waals surface area (Å²) >= 11 is 2.01. The van der Waals surface area contributed by atoms with E-state index in [4.69, 9.17) is 5.11 Å². The first-order valence-electron chi connectivity index (χ1n) is 2.74. The molecule has 0 saturated heterocycles. The zero-order valence-electron chi connectivity index (χ0n) is 5.58. The molecule has 0 aromatic rings. The summed E-state index contributed by atoms with van der Waals surface area (Å²) < 4.78 is 8.92. The van der Waals surface area contributed by atoms with Crippen LogP contribution in [0, 0.1) is 0 Å². The van der Waals surface area contributed by atoms with Gasteiger partial charge in [0.2, 0.25) is 6.79 Å². The fraction of sp³-hybridized carbons (Fsp3) is 0.600. The van der Waals surface area contributed by atoms with E-state index < -0.39 is 18.9 Å². The highest BCUT2D eigenvalue weighted by Crippen LogP contribution is 1.92. The lowest BCUT2D eigenvalue weighted by molar-refractivity contribution is -0.152. The highest BCUT2D eigenvalue weighted by molar-refractivity contribution is 14.1. The van der Waals surface area contributed by atoms with Gasteiger partial charge in [-0.25, -0.2) is 4.79 Å². The molecule has 0 bridgehead atoms. The Morgan fingerprint density at radius 2 is 2.00 bits per heavy atom. The molecule has 0 spiro atoms. The van der Waals surface area contributed by atoms with Gasteiger partial charge in [0.1, 0.15) is 0 Å². The number of rotatable bonds is 4. The minimum Gasteiger partial charge on any atom is -0.450 e. The standard InChI is InChI=1S/C5H7IO5/c6-2-1-4(7)10-3-11-5(8)9/h1-3H2,(H,8,9).